The number of halogens is 1. The molecule has 53 valence electrons. The summed E-state index contributed by atoms with van der Waals surface area (Å²) in [6, 6.07) is 5.59. The van der Waals surface area contributed by atoms with Crippen molar-refractivity contribution in [2.24, 2.45) is 0 Å². The van der Waals surface area contributed by atoms with Gasteiger partial charge < -0.3 is 0 Å². The molecule has 1 aromatic heterocycles. The third-order valence-electron chi connectivity index (χ3n) is 1.37. The van der Waals surface area contributed by atoms with E-state index in [1.165, 1.54) is 24.5 Å². The van der Waals surface area contributed by atoms with Crippen molar-refractivity contribution in [1.82, 2.24) is 9.97 Å². The van der Waals surface area contributed by atoms with Crippen molar-refractivity contribution in [1.29, 1.82) is 0 Å². The van der Waals surface area contributed by atoms with Crippen LogP contribution in [0.15, 0.2) is 24.5 Å². The fourth-order valence-electron chi connectivity index (χ4n) is 0.891. The van der Waals surface area contributed by atoms with E-state index in [9.17, 15) is 4.39 Å². The number of hydrogen-bond donors (Lipinski definition) is 0. The standard InChI is InChI=1S/C8H4FN2/c9-6-2-1-3-7-8(6)11-5-4-10-7/h1-2,4-5H. The number of fused-ring (bicyclic) bond motifs is 1. The minimum absolute atomic E-state index is 0.273. The van der Waals surface area contributed by atoms with E-state index in [1.807, 2.05) is 0 Å². The Bertz CT molecular complexity index is 381. The minimum atomic E-state index is -0.355. The average molecular weight is 147 g/mol. The van der Waals surface area contributed by atoms with Gasteiger partial charge in [0.15, 0.2) is 5.82 Å². The first-order valence-corrected chi connectivity index (χ1v) is 3.15. The molecule has 0 spiro atoms. The van der Waals surface area contributed by atoms with Gasteiger partial charge in [-0.05, 0) is 12.1 Å². The molecule has 1 aromatic carbocycles. The normalized spacial score (nSPS) is 10.3. The summed E-state index contributed by atoms with van der Waals surface area (Å²) in [7, 11) is 0. The average Bonchev–Trinajstić information content (AvgIpc) is 2.06. The summed E-state index contributed by atoms with van der Waals surface area (Å²) in [5.74, 6) is -0.355. The van der Waals surface area contributed by atoms with Crippen LogP contribution < -0.4 is 0 Å². The number of nitrogens with zero attached hydrogens (tertiary/aromatic N) is 2. The van der Waals surface area contributed by atoms with E-state index in [2.05, 4.69) is 16.0 Å². The molecule has 0 aliphatic rings. The Balaban J connectivity index is 2.91. The second kappa shape index (κ2) is 2.27. The maximum absolute atomic E-state index is 12.9. The zero-order chi connectivity index (χ0) is 7.68. The molecule has 11 heavy (non-hydrogen) atoms. The van der Waals surface area contributed by atoms with E-state index in [4.69, 9.17) is 0 Å². The quantitative estimate of drug-likeness (QED) is 0.565. The van der Waals surface area contributed by atoms with Gasteiger partial charge in [0.05, 0.1) is 5.52 Å². The highest BCUT2D eigenvalue weighted by molar-refractivity contribution is 5.73. The zero-order valence-corrected chi connectivity index (χ0v) is 5.58. The Kier molecular flexibility index (Phi) is 1.28. The van der Waals surface area contributed by atoms with Gasteiger partial charge >= 0.3 is 0 Å². The maximum atomic E-state index is 12.9. The Morgan fingerprint density at radius 1 is 1.27 bits per heavy atom. The van der Waals surface area contributed by atoms with Crippen LogP contribution in [0.5, 0.6) is 0 Å². The summed E-state index contributed by atoms with van der Waals surface area (Å²) >= 11 is 0. The van der Waals surface area contributed by atoms with Gasteiger partial charge in [-0.25, -0.2) is 9.37 Å². The van der Waals surface area contributed by atoms with E-state index in [1.54, 1.807) is 0 Å². The Hall–Kier alpha value is -1.51. The molecular formula is C8H4FN2. The van der Waals surface area contributed by atoms with Gasteiger partial charge in [-0.2, -0.15) is 0 Å². The molecule has 1 heterocycles. The van der Waals surface area contributed by atoms with Crippen molar-refractivity contribution in [2.75, 3.05) is 0 Å². The molecule has 0 atom stereocenters. The van der Waals surface area contributed by atoms with Crippen LogP contribution in [0.1, 0.15) is 0 Å². The number of benzene rings is 1. The molecule has 0 N–H and O–H groups in total. The van der Waals surface area contributed by atoms with Crippen molar-refractivity contribution < 1.29 is 4.39 Å². The molecule has 0 bridgehead atoms. The predicted molar refractivity (Wildman–Crippen MR) is 38.3 cm³/mol. The van der Waals surface area contributed by atoms with Crippen LogP contribution >= 0.6 is 0 Å². The Morgan fingerprint density at radius 3 is 2.91 bits per heavy atom. The highest BCUT2D eigenvalue weighted by atomic mass is 19.1. The molecular weight excluding hydrogens is 143 g/mol. The van der Waals surface area contributed by atoms with Crippen LogP contribution in [-0.2, 0) is 0 Å². The molecule has 0 unspecified atom stereocenters. The largest absolute Gasteiger partial charge is 0.252 e. The number of hydrogen-bond acceptors (Lipinski definition) is 2. The first-order valence-electron chi connectivity index (χ1n) is 3.15. The van der Waals surface area contributed by atoms with Crippen LogP contribution in [-0.4, -0.2) is 9.97 Å². The highest BCUT2D eigenvalue weighted by Crippen LogP contribution is 2.09. The molecule has 2 aromatic rings. The zero-order valence-electron chi connectivity index (χ0n) is 5.58. The van der Waals surface area contributed by atoms with Gasteiger partial charge in [0.1, 0.15) is 5.52 Å². The van der Waals surface area contributed by atoms with E-state index in [0.717, 1.165) is 0 Å². The van der Waals surface area contributed by atoms with Crippen molar-refractivity contribution >= 4 is 11.0 Å². The molecule has 2 nitrogen and oxygen atoms in total. The maximum Gasteiger partial charge on any atom is 0.151 e. The predicted octanol–water partition coefficient (Wildman–Crippen LogP) is 1.57. The highest BCUT2D eigenvalue weighted by Gasteiger charge is 1.99. The molecule has 1 radical (unpaired) electrons. The van der Waals surface area contributed by atoms with Crippen molar-refractivity contribution in [3.8, 4) is 0 Å². The first-order chi connectivity index (χ1) is 5.38. The molecule has 0 aliphatic heterocycles. The molecule has 3 heteroatoms. The van der Waals surface area contributed by atoms with Crippen LogP contribution in [0.4, 0.5) is 4.39 Å². The summed E-state index contributed by atoms with van der Waals surface area (Å²) in [5, 5.41) is 0. The molecule has 2 rings (SSSR count). The van der Waals surface area contributed by atoms with Gasteiger partial charge in [-0.3, -0.25) is 4.98 Å². The SMILES string of the molecule is Fc1cc[c]c2nccnc12. The lowest BCUT2D eigenvalue weighted by Gasteiger charge is -1.93. The lowest BCUT2D eigenvalue weighted by molar-refractivity contribution is 0.636. The third-order valence-corrected chi connectivity index (χ3v) is 1.37. The second-order valence-corrected chi connectivity index (χ2v) is 2.08. The van der Waals surface area contributed by atoms with Gasteiger partial charge in [-0.15, -0.1) is 0 Å². The molecule has 0 saturated heterocycles. The van der Waals surface area contributed by atoms with Gasteiger partial charge in [0.2, 0.25) is 0 Å². The van der Waals surface area contributed by atoms with Crippen molar-refractivity contribution in [3.63, 3.8) is 0 Å². The van der Waals surface area contributed by atoms with E-state index >= 15 is 0 Å². The summed E-state index contributed by atoms with van der Waals surface area (Å²) < 4.78 is 12.9. The second-order valence-electron chi connectivity index (χ2n) is 2.08. The topological polar surface area (TPSA) is 25.8 Å². The van der Waals surface area contributed by atoms with Crippen LogP contribution in [0.2, 0.25) is 0 Å². The van der Waals surface area contributed by atoms with Crippen molar-refractivity contribution in [3.05, 3.63) is 36.4 Å². The molecule has 0 saturated carbocycles. The summed E-state index contributed by atoms with van der Waals surface area (Å²) in [6.07, 6.45) is 2.97. The third kappa shape index (κ3) is 0.941. The van der Waals surface area contributed by atoms with E-state index < -0.39 is 0 Å². The molecule has 0 aliphatic carbocycles. The van der Waals surface area contributed by atoms with Crippen LogP contribution in [0.25, 0.3) is 11.0 Å². The fourth-order valence-corrected chi connectivity index (χ4v) is 0.891. The van der Waals surface area contributed by atoms with Gasteiger partial charge in [-0.1, -0.05) is 0 Å². The fraction of sp³-hybridized carbons (Fsp3) is 0. The Morgan fingerprint density at radius 2 is 2.09 bits per heavy atom. The van der Waals surface area contributed by atoms with Gasteiger partial charge in [0, 0.05) is 18.5 Å². The van der Waals surface area contributed by atoms with Gasteiger partial charge in [0.25, 0.3) is 0 Å². The first kappa shape index (κ1) is 6.22. The van der Waals surface area contributed by atoms with Crippen LogP contribution in [0, 0.1) is 11.9 Å². The Labute approximate surface area is 62.7 Å². The molecule has 0 fully saturated rings. The number of aromatic nitrogens is 2. The lowest BCUT2D eigenvalue weighted by atomic mass is 10.3. The monoisotopic (exact) mass is 147 g/mol. The lowest BCUT2D eigenvalue weighted by Crippen LogP contribution is -1.85. The summed E-state index contributed by atoms with van der Waals surface area (Å²) in [5.41, 5.74) is 0.738. The minimum Gasteiger partial charge on any atom is -0.252 e. The smallest absolute Gasteiger partial charge is 0.151 e. The summed E-state index contributed by atoms with van der Waals surface area (Å²) in [4.78, 5) is 7.70. The van der Waals surface area contributed by atoms with Crippen molar-refractivity contribution in [2.45, 2.75) is 0 Å². The summed E-state index contributed by atoms with van der Waals surface area (Å²) in [6.45, 7) is 0. The van der Waals surface area contributed by atoms with Crippen LogP contribution in [0.3, 0.4) is 0 Å². The number of rotatable bonds is 0. The van der Waals surface area contributed by atoms with E-state index in [0.29, 0.717) is 5.52 Å². The van der Waals surface area contributed by atoms with E-state index in [-0.39, 0.29) is 11.3 Å². The molecule has 0 amide bonds.